The maximum Gasteiger partial charge on any atom is 0.150 e. The van der Waals surface area contributed by atoms with Crippen LogP contribution < -0.4 is 0 Å². The Balaban J connectivity index is 0.000000531. The van der Waals surface area contributed by atoms with Crippen molar-refractivity contribution in [3.63, 3.8) is 0 Å². The van der Waals surface area contributed by atoms with Crippen LogP contribution >= 0.6 is 0 Å². The molecule has 1 nitrogen and oxygen atoms in total. The van der Waals surface area contributed by atoms with Crippen molar-refractivity contribution in [2.24, 2.45) is 0 Å². The average Bonchev–Trinajstić information content (AvgIpc) is 2.56. The molecule has 1 aromatic carbocycles. The minimum Gasteiger partial charge on any atom is -0.298 e. The average molecular weight is 204 g/mol. The Hall–Kier alpha value is -1.11. The molecule has 0 N–H and O–H groups in total. The second-order valence-electron chi connectivity index (χ2n) is 3.66. The minimum absolute atomic E-state index is 0.902. The highest BCUT2D eigenvalue weighted by Crippen LogP contribution is 2.22. The monoisotopic (exact) mass is 204 g/mol. The van der Waals surface area contributed by atoms with Gasteiger partial charge < -0.3 is 0 Å². The van der Waals surface area contributed by atoms with Gasteiger partial charge in [-0.1, -0.05) is 38.5 Å². The number of hydrogen-bond donors (Lipinski definition) is 0. The first-order valence-corrected chi connectivity index (χ1v) is 5.98. The Kier molecular flexibility index (Phi) is 5.09. The quantitative estimate of drug-likeness (QED) is 0.502. The molecule has 0 saturated carbocycles. The normalized spacial score (nSPS) is 14.3. The number of rotatable bonds is 1. The number of aldehydes is 1. The molecule has 0 aliphatic heterocycles. The van der Waals surface area contributed by atoms with Gasteiger partial charge in [0.2, 0.25) is 0 Å². The maximum absolute atomic E-state index is 10.8. The van der Waals surface area contributed by atoms with Crippen LogP contribution in [-0.4, -0.2) is 6.29 Å². The van der Waals surface area contributed by atoms with E-state index in [0.29, 0.717) is 0 Å². The molecule has 0 radical (unpaired) electrons. The summed E-state index contributed by atoms with van der Waals surface area (Å²) in [5.74, 6) is 0. The topological polar surface area (TPSA) is 17.1 Å². The molecule has 82 valence electrons. The summed E-state index contributed by atoms with van der Waals surface area (Å²) in [7, 11) is 0. The van der Waals surface area contributed by atoms with Gasteiger partial charge in [-0.15, -0.1) is 0 Å². The number of carbonyl (C=O) groups excluding carboxylic acids is 1. The van der Waals surface area contributed by atoms with Crippen LogP contribution in [0.5, 0.6) is 0 Å². The Morgan fingerprint density at radius 1 is 1.07 bits per heavy atom. The summed E-state index contributed by atoms with van der Waals surface area (Å²) in [4.78, 5) is 10.8. The molecule has 1 aliphatic carbocycles. The lowest BCUT2D eigenvalue weighted by Gasteiger charge is -2.06. The second-order valence-corrected chi connectivity index (χ2v) is 3.66. The van der Waals surface area contributed by atoms with Gasteiger partial charge in [-0.25, -0.2) is 0 Å². The molecule has 0 saturated heterocycles. The molecular weight excluding hydrogens is 184 g/mol. The number of fused-ring (bicyclic) bond motifs is 1. The predicted molar refractivity (Wildman–Crippen MR) is 64.4 cm³/mol. The van der Waals surface area contributed by atoms with Gasteiger partial charge in [0.1, 0.15) is 6.29 Å². The summed E-state index contributed by atoms with van der Waals surface area (Å²) in [6, 6.07) is 6.08. The third-order valence-electron chi connectivity index (χ3n) is 2.81. The first-order valence-electron chi connectivity index (χ1n) is 5.98. The molecule has 0 aromatic heterocycles. The Morgan fingerprint density at radius 3 is 2.53 bits per heavy atom. The molecule has 1 aromatic rings. The molecule has 0 atom stereocenters. The zero-order valence-electron chi connectivity index (χ0n) is 9.75. The van der Waals surface area contributed by atoms with Gasteiger partial charge in [-0.2, -0.15) is 0 Å². The number of benzene rings is 1. The maximum atomic E-state index is 10.8. The summed E-state index contributed by atoms with van der Waals surface area (Å²) in [5, 5.41) is 0. The van der Waals surface area contributed by atoms with Crippen molar-refractivity contribution in [1.29, 1.82) is 0 Å². The third kappa shape index (κ3) is 2.92. The van der Waals surface area contributed by atoms with Crippen LogP contribution in [0.4, 0.5) is 0 Å². The number of hydrogen-bond acceptors (Lipinski definition) is 1. The second kappa shape index (κ2) is 6.39. The van der Waals surface area contributed by atoms with Gasteiger partial charge in [-0.3, -0.25) is 4.79 Å². The highest BCUT2D eigenvalue weighted by atomic mass is 16.1. The molecule has 0 fully saturated rings. The first-order chi connectivity index (χ1) is 7.42. The molecule has 15 heavy (non-hydrogen) atoms. The molecule has 0 unspecified atom stereocenters. The van der Waals surface area contributed by atoms with E-state index in [-0.39, 0.29) is 0 Å². The van der Waals surface area contributed by atoms with E-state index in [1.54, 1.807) is 0 Å². The SMILES string of the molecule is CC.O=Cc1cccc2c1CCCCC2. The molecule has 2 rings (SSSR count). The van der Waals surface area contributed by atoms with Crippen molar-refractivity contribution in [1.82, 2.24) is 0 Å². The predicted octanol–water partition coefficient (Wildman–Crippen LogP) is 3.79. The van der Waals surface area contributed by atoms with Gasteiger partial charge in [0.15, 0.2) is 0 Å². The fourth-order valence-electron chi connectivity index (χ4n) is 2.10. The van der Waals surface area contributed by atoms with E-state index in [4.69, 9.17) is 0 Å². The molecule has 0 spiro atoms. The van der Waals surface area contributed by atoms with E-state index in [1.807, 2.05) is 26.0 Å². The molecule has 0 heterocycles. The van der Waals surface area contributed by atoms with E-state index in [1.165, 1.54) is 30.4 Å². The van der Waals surface area contributed by atoms with E-state index >= 15 is 0 Å². The smallest absolute Gasteiger partial charge is 0.150 e. The highest BCUT2D eigenvalue weighted by molar-refractivity contribution is 5.78. The lowest BCUT2D eigenvalue weighted by atomic mass is 9.98. The number of carbonyl (C=O) groups is 1. The Morgan fingerprint density at radius 2 is 1.80 bits per heavy atom. The lowest BCUT2D eigenvalue weighted by molar-refractivity contribution is 0.112. The van der Waals surface area contributed by atoms with Crippen molar-refractivity contribution in [2.75, 3.05) is 0 Å². The van der Waals surface area contributed by atoms with Gasteiger partial charge in [-0.05, 0) is 36.8 Å². The van der Waals surface area contributed by atoms with Crippen molar-refractivity contribution in [3.05, 3.63) is 34.9 Å². The number of aryl methyl sites for hydroxylation is 1. The Labute approximate surface area is 92.5 Å². The van der Waals surface area contributed by atoms with E-state index in [9.17, 15) is 4.79 Å². The van der Waals surface area contributed by atoms with Gasteiger partial charge in [0.25, 0.3) is 0 Å². The van der Waals surface area contributed by atoms with Crippen LogP contribution in [0, 0.1) is 0 Å². The van der Waals surface area contributed by atoms with Crippen LogP contribution in [0.25, 0.3) is 0 Å². The van der Waals surface area contributed by atoms with Gasteiger partial charge >= 0.3 is 0 Å². The standard InChI is InChI=1S/C12H14O.C2H6/c13-9-11-7-4-6-10-5-2-1-3-8-12(10)11;1-2/h4,6-7,9H,1-3,5,8H2;1-2H3. The summed E-state index contributed by atoms with van der Waals surface area (Å²) < 4.78 is 0. The van der Waals surface area contributed by atoms with Crippen molar-refractivity contribution in [2.45, 2.75) is 46.0 Å². The highest BCUT2D eigenvalue weighted by Gasteiger charge is 2.10. The van der Waals surface area contributed by atoms with Crippen LogP contribution in [0.1, 0.15) is 54.6 Å². The molecular formula is C14H20O. The van der Waals surface area contributed by atoms with Crippen LogP contribution in [0.15, 0.2) is 18.2 Å². The zero-order chi connectivity index (χ0) is 11.1. The summed E-state index contributed by atoms with van der Waals surface area (Å²) in [6.45, 7) is 4.00. The van der Waals surface area contributed by atoms with Crippen molar-refractivity contribution < 1.29 is 4.79 Å². The molecule has 1 heteroatoms. The summed E-state index contributed by atoms with van der Waals surface area (Å²) in [6.07, 6.45) is 7.03. The van der Waals surface area contributed by atoms with Gasteiger partial charge in [0.05, 0.1) is 0 Å². The Bertz CT molecular complexity index is 315. The van der Waals surface area contributed by atoms with Crippen LogP contribution in [0.3, 0.4) is 0 Å². The third-order valence-corrected chi connectivity index (χ3v) is 2.81. The van der Waals surface area contributed by atoms with Crippen molar-refractivity contribution in [3.8, 4) is 0 Å². The molecule has 0 amide bonds. The largest absolute Gasteiger partial charge is 0.298 e. The lowest BCUT2D eigenvalue weighted by Crippen LogP contribution is -1.96. The van der Waals surface area contributed by atoms with Crippen LogP contribution in [-0.2, 0) is 12.8 Å². The van der Waals surface area contributed by atoms with Gasteiger partial charge in [0, 0.05) is 5.56 Å². The fraction of sp³-hybridized carbons (Fsp3) is 0.500. The van der Waals surface area contributed by atoms with Crippen LogP contribution in [0.2, 0.25) is 0 Å². The molecule has 1 aliphatic rings. The minimum atomic E-state index is 0.902. The molecule has 0 bridgehead atoms. The van der Waals surface area contributed by atoms with E-state index < -0.39 is 0 Å². The van der Waals surface area contributed by atoms with Crippen molar-refractivity contribution >= 4 is 6.29 Å². The summed E-state index contributed by atoms with van der Waals surface area (Å²) >= 11 is 0. The first kappa shape index (κ1) is 12.0. The fourth-order valence-corrected chi connectivity index (χ4v) is 2.10. The summed E-state index contributed by atoms with van der Waals surface area (Å²) in [5.41, 5.74) is 3.59. The van der Waals surface area contributed by atoms with E-state index in [0.717, 1.165) is 24.7 Å². The van der Waals surface area contributed by atoms with E-state index in [2.05, 4.69) is 6.07 Å². The zero-order valence-corrected chi connectivity index (χ0v) is 9.75.